The second-order valence-corrected chi connectivity index (χ2v) is 4.09. The lowest BCUT2D eigenvalue weighted by Gasteiger charge is -2.14. The number of hydrogen-bond acceptors (Lipinski definition) is 2. The van der Waals surface area contributed by atoms with Gasteiger partial charge in [-0.1, -0.05) is 15.9 Å². The number of hydrogen-bond donors (Lipinski definition) is 2. The van der Waals surface area contributed by atoms with Crippen LogP contribution in [0.5, 0.6) is 5.75 Å². The Morgan fingerprint density at radius 3 is 2.62 bits per heavy atom. The van der Waals surface area contributed by atoms with Gasteiger partial charge in [0.15, 0.2) is 0 Å². The maximum absolute atomic E-state index is 9.76. The fraction of sp³-hybridized carbons (Fsp3) is 0.400. The van der Waals surface area contributed by atoms with Gasteiger partial charge in [-0.2, -0.15) is 0 Å². The van der Waals surface area contributed by atoms with Crippen LogP contribution in [0.15, 0.2) is 16.6 Å². The molecule has 1 atom stereocenters. The van der Waals surface area contributed by atoms with Crippen LogP contribution in [0.4, 0.5) is 0 Å². The van der Waals surface area contributed by atoms with Crippen LogP contribution in [0, 0.1) is 6.92 Å². The molecule has 0 spiro atoms. The zero-order valence-corrected chi connectivity index (χ0v) is 9.64. The number of aromatic hydroxyl groups is 1. The highest BCUT2D eigenvalue weighted by molar-refractivity contribution is 9.10. The van der Waals surface area contributed by atoms with Crippen molar-refractivity contribution < 1.29 is 5.11 Å². The van der Waals surface area contributed by atoms with E-state index in [0.717, 1.165) is 15.6 Å². The second-order valence-electron chi connectivity index (χ2n) is 3.17. The van der Waals surface area contributed by atoms with Crippen LogP contribution >= 0.6 is 15.9 Å². The molecule has 0 radical (unpaired) electrons. The van der Waals surface area contributed by atoms with Crippen LogP contribution in [-0.4, -0.2) is 12.2 Å². The smallest absolute Gasteiger partial charge is 0.123 e. The summed E-state index contributed by atoms with van der Waals surface area (Å²) in [4.78, 5) is 0. The van der Waals surface area contributed by atoms with Crippen molar-refractivity contribution in [3.05, 3.63) is 27.7 Å². The molecule has 0 saturated heterocycles. The van der Waals surface area contributed by atoms with Crippen LogP contribution in [0.25, 0.3) is 0 Å². The lowest BCUT2D eigenvalue weighted by Crippen LogP contribution is -2.12. The molecule has 0 fully saturated rings. The zero-order valence-electron chi connectivity index (χ0n) is 8.06. The van der Waals surface area contributed by atoms with E-state index in [1.54, 1.807) is 0 Å². The van der Waals surface area contributed by atoms with Crippen LogP contribution in [0.1, 0.15) is 24.1 Å². The number of phenols is 1. The molecule has 2 nitrogen and oxygen atoms in total. The lowest BCUT2D eigenvalue weighted by molar-refractivity contribution is 0.453. The van der Waals surface area contributed by atoms with Gasteiger partial charge in [-0.25, -0.2) is 0 Å². The standard InChI is InChI=1S/C10H14BrNO/c1-6-4-8(11)5-9(10(6)13)7(2)12-3/h4-5,7,12-13H,1-3H3/t7-/m1/s1. The Hall–Kier alpha value is -0.540. The third-order valence-corrected chi connectivity index (χ3v) is 2.65. The Labute approximate surface area is 87.1 Å². The highest BCUT2D eigenvalue weighted by Gasteiger charge is 2.10. The van der Waals surface area contributed by atoms with Crippen molar-refractivity contribution in [1.82, 2.24) is 5.32 Å². The molecule has 0 unspecified atom stereocenters. The summed E-state index contributed by atoms with van der Waals surface area (Å²) in [6.07, 6.45) is 0. The number of phenolic OH excluding ortho intramolecular Hbond substituents is 1. The molecule has 1 aromatic carbocycles. The Kier molecular flexibility index (Phi) is 3.33. The van der Waals surface area contributed by atoms with Gasteiger partial charge in [0.2, 0.25) is 0 Å². The van der Waals surface area contributed by atoms with Gasteiger partial charge in [0.05, 0.1) is 0 Å². The summed E-state index contributed by atoms with van der Waals surface area (Å²) in [5.74, 6) is 0.380. The molecule has 0 aliphatic carbocycles. The van der Waals surface area contributed by atoms with Gasteiger partial charge in [0, 0.05) is 16.1 Å². The van der Waals surface area contributed by atoms with Gasteiger partial charge in [0.1, 0.15) is 5.75 Å². The quantitative estimate of drug-likeness (QED) is 0.838. The minimum atomic E-state index is 0.163. The molecule has 0 aliphatic heterocycles. The molecule has 0 amide bonds. The van der Waals surface area contributed by atoms with E-state index in [1.807, 2.05) is 33.0 Å². The van der Waals surface area contributed by atoms with E-state index in [2.05, 4.69) is 21.2 Å². The van der Waals surface area contributed by atoms with Gasteiger partial charge in [-0.15, -0.1) is 0 Å². The molecule has 3 heteroatoms. The Morgan fingerprint density at radius 2 is 2.08 bits per heavy atom. The van der Waals surface area contributed by atoms with E-state index in [-0.39, 0.29) is 6.04 Å². The normalized spacial score (nSPS) is 12.9. The topological polar surface area (TPSA) is 32.3 Å². The Morgan fingerprint density at radius 1 is 1.46 bits per heavy atom. The molecule has 1 rings (SSSR count). The molecular formula is C10H14BrNO. The summed E-state index contributed by atoms with van der Waals surface area (Å²) in [5, 5.41) is 12.9. The van der Waals surface area contributed by atoms with E-state index < -0.39 is 0 Å². The Balaban J connectivity index is 3.20. The van der Waals surface area contributed by atoms with E-state index in [4.69, 9.17) is 0 Å². The van der Waals surface area contributed by atoms with Crippen molar-refractivity contribution in [2.75, 3.05) is 7.05 Å². The van der Waals surface area contributed by atoms with Crippen molar-refractivity contribution in [3.63, 3.8) is 0 Å². The van der Waals surface area contributed by atoms with E-state index in [9.17, 15) is 5.11 Å². The largest absolute Gasteiger partial charge is 0.507 e. The van der Waals surface area contributed by atoms with Crippen LogP contribution < -0.4 is 5.32 Å². The SMILES string of the molecule is CN[C@H](C)c1cc(Br)cc(C)c1O. The van der Waals surface area contributed by atoms with E-state index in [1.165, 1.54) is 0 Å². The Bertz CT molecular complexity index is 312. The van der Waals surface area contributed by atoms with E-state index >= 15 is 0 Å². The minimum Gasteiger partial charge on any atom is -0.507 e. The first-order valence-electron chi connectivity index (χ1n) is 4.22. The maximum atomic E-state index is 9.76. The monoisotopic (exact) mass is 243 g/mol. The lowest BCUT2D eigenvalue weighted by atomic mass is 10.0. The zero-order chi connectivity index (χ0) is 10.0. The van der Waals surface area contributed by atoms with Crippen LogP contribution in [-0.2, 0) is 0 Å². The van der Waals surface area contributed by atoms with Gasteiger partial charge in [0.25, 0.3) is 0 Å². The van der Waals surface area contributed by atoms with Crippen molar-refractivity contribution in [1.29, 1.82) is 0 Å². The number of nitrogens with one attached hydrogen (secondary N) is 1. The predicted molar refractivity (Wildman–Crippen MR) is 58.0 cm³/mol. The van der Waals surface area contributed by atoms with Gasteiger partial charge in [-0.3, -0.25) is 0 Å². The molecule has 0 saturated carbocycles. The summed E-state index contributed by atoms with van der Waals surface area (Å²) in [7, 11) is 1.88. The van der Waals surface area contributed by atoms with Gasteiger partial charge in [-0.05, 0) is 38.6 Å². The average Bonchev–Trinajstić information content (AvgIpc) is 2.10. The summed E-state index contributed by atoms with van der Waals surface area (Å²) >= 11 is 3.41. The predicted octanol–water partition coefficient (Wildman–Crippen LogP) is 2.74. The number of rotatable bonds is 2. The number of aryl methyl sites for hydroxylation is 1. The van der Waals surface area contributed by atoms with Crippen molar-refractivity contribution >= 4 is 15.9 Å². The molecule has 0 bridgehead atoms. The second kappa shape index (κ2) is 4.11. The third kappa shape index (κ3) is 2.23. The number of halogens is 1. The molecule has 0 aliphatic rings. The minimum absolute atomic E-state index is 0.163. The molecule has 0 heterocycles. The summed E-state index contributed by atoms with van der Waals surface area (Å²) in [5.41, 5.74) is 1.82. The van der Waals surface area contributed by atoms with Crippen LogP contribution in [0.3, 0.4) is 0 Å². The average molecular weight is 244 g/mol. The fourth-order valence-electron chi connectivity index (χ4n) is 1.25. The van der Waals surface area contributed by atoms with E-state index in [0.29, 0.717) is 5.75 Å². The van der Waals surface area contributed by atoms with Crippen LogP contribution in [0.2, 0.25) is 0 Å². The molecule has 2 N–H and O–H groups in total. The van der Waals surface area contributed by atoms with Gasteiger partial charge < -0.3 is 10.4 Å². The highest BCUT2D eigenvalue weighted by Crippen LogP contribution is 2.30. The molecule has 13 heavy (non-hydrogen) atoms. The first-order chi connectivity index (χ1) is 6.06. The first kappa shape index (κ1) is 10.5. The highest BCUT2D eigenvalue weighted by atomic mass is 79.9. The van der Waals surface area contributed by atoms with Crippen molar-refractivity contribution in [2.45, 2.75) is 19.9 Å². The van der Waals surface area contributed by atoms with Crippen molar-refractivity contribution in [2.24, 2.45) is 0 Å². The summed E-state index contributed by atoms with van der Waals surface area (Å²) in [6.45, 7) is 3.91. The summed E-state index contributed by atoms with van der Waals surface area (Å²) < 4.78 is 1.000. The van der Waals surface area contributed by atoms with Gasteiger partial charge >= 0.3 is 0 Å². The molecular weight excluding hydrogens is 230 g/mol. The number of benzene rings is 1. The third-order valence-electron chi connectivity index (χ3n) is 2.19. The maximum Gasteiger partial charge on any atom is 0.123 e. The summed E-state index contributed by atoms with van der Waals surface area (Å²) in [6, 6.07) is 4.00. The molecule has 0 aromatic heterocycles. The fourth-order valence-corrected chi connectivity index (χ4v) is 1.84. The molecule has 1 aromatic rings. The first-order valence-corrected chi connectivity index (χ1v) is 5.01. The molecule has 72 valence electrons. The van der Waals surface area contributed by atoms with Crippen molar-refractivity contribution in [3.8, 4) is 5.75 Å².